The van der Waals surface area contributed by atoms with Crippen molar-refractivity contribution in [3.8, 4) is 17.6 Å². The fourth-order valence-corrected chi connectivity index (χ4v) is 3.81. The Balaban J connectivity index is 1.41. The number of nitrogens with zero attached hydrogens (tertiary/aromatic N) is 2. The van der Waals surface area contributed by atoms with Crippen LogP contribution in [-0.2, 0) is 18.0 Å². The first-order valence-corrected chi connectivity index (χ1v) is 12.6. The van der Waals surface area contributed by atoms with Gasteiger partial charge in [-0.05, 0) is 78.7 Å². The Bertz CT molecular complexity index is 1580. The highest BCUT2D eigenvalue weighted by atomic mass is 35.5. The molecule has 4 rings (SSSR count). The second-order valence-corrected chi connectivity index (χ2v) is 9.25. The van der Waals surface area contributed by atoms with Crippen LogP contribution >= 0.6 is 11.6 Å². The first kappa shape index (κ1) is 27.9. The Labute approximate surface area is 236 Å². The first-order valence-electron chi connectivity index (χ1n) is 12.2. The second-order valence-electron chi connectivity index (χ2n) is 8.82. The number of nitriles is 1. The van der Waals surface area contributed by atoms with Gasteiger partial charge in [-0.2, -0.15) is 5.26 Å². The van der Waals surface area contributed by atoms with Crippen LogP contribution in [0.3, 0.4) is 0 Å². The van der Waals surface area contributed by atoms with Gasteiger partial charge in [0, 0.05) is 28.4 Å². The van der Waals surface area contributed by atoms with E-state index in [0.29, 0.717) is 39.9 Å². The van der Waals surface area contributed by atoms with Gasteiger partial charge in [0.2, 0.25) is 0 Å². The van der Waals surface area contributed by atoms with Crippen molar-refractivity contribution in [3.05, 3.63) is 134 Å². The van der Waals surface area contributed by atoms with Crippen molar-refractivity contribution >= 4 is 35.0 Å². The predicted octanol–water partition coefficient (Wildman–Crippen LogP) is 7.26. The maximum atomic E-state index is 12.9. The summed E-state index contributed by atoms with van der Waals surface area (Å²) in [6, 6.07) is 27.6. The number of rotatable bonds is 10. The molecule has 0 spiro atoms. The van der Waals surface area contributed by atoms with Crippen LogP contribution in [0.1, 0.15) is 22.3 Å². The summed E-state index contributed by atoms with van der Waals surface area (Å²) in [5.41, 5.74) is 3.69. The summed E-state index contributed by atoms with van der Waals surface area (Å²) in [7, 11) is 0. The molecule has 40 heavy (non-hydrogen) atoms. The molecule has 1 N–H and O–H groups in total. The lowest BCUT2D eigenvalue weighted by molar-refractivity contribution is -0.384. The number of nitrogens with one attached hydrogen (secondary N) is 1. The van der Waals surface area contributed by atoms with Gasteiger partial charge < -0.3 is 14.8 Å². The maximum absolute atomic E-state index is 12.9. The van der Waals surface area contributed by atoms with Crippen LogP contribution in [0.2, 0.25) is 5.02 Å². The SMILES string of the molecule is Cc1ccc(COc2ccc(NC(=O)/C(C#N)=C/c3cc(Cl)ccc3OCc3ccc([N+](=O)[O-])cc3)cc2)cc1. The summed E-state index contributed by atoms with van der Waals surface area (Å²) < 4.78 is 11.7. The average molecular weight is 554 g/mol. The summed E-state index contributed by atoms with van der Waals surface area (Å²) in [4.78, 5) is 23.3. The average Bonchev–Trinajstić information content (AvgIpc) is 2.96. The third kappa shape index (κ3) is 7.69. The molecule has 9 heteroatoms. The molecule has 0 saturated carbocycles. The van der Waals surface area contributed by atoms with E-state index < -0.39 is 10.8 Å². The maximum Gasteiger partial charge on any atom is 0.269 e. The molecular weight excluding hydrogens is 530 g/mol. The van der Waals surface area contributed by atoms with Crippen molar-refractivity contribution in [1.82, 2.24) is 0 Å². The number of aryl methyl sites for hydroxylation is 1. The van der Waals surface area contributed by atoms with Crippen LogP contribution in [0.25, 0.3) is 6.08 Å². The van der Waals surface area contributed by atoms with E-state index in [-0.39, 0.29) is 17.9 Å². The highest BCUT2D eigenvalue weighted by Gasteiger charge is 2.13. The molecule has 0 aliphatic heterocycles. The number of anilines is 1. The molecule has 0 aliphatic rings. The summed E-state index contributed by atoms with van der Waals surface area (Å²) in [5, 5.41) is 23.7. The minimum atomic E-state index is -0.600. The number of non-ortho nitro benzene ring substituents is 1. The van der Waals surface area contributed by atoms with Crippen molar-refractivity contribution < 1.29 is 19.2 Å². The van der Waals surface area contributed by atoms with E-state index in [1.165, 1.54) is 23.8 Å². The molecule has 0 aliphatic carbocycles. The van der Waals surface area contributed by atoms with E-state index in [0.717, 1.165) is 5.56 Å². The number of benzene rings is 4. The molecular formula is C31H24ClN3O5. The normalized spacial score (nSPS) is 10.9. The third-order valence-electron chi connectivity index (χ3n) is 5.82. The Morgan fingerprint density at radius 1 is 0.950 bits per heavy atom. The fraction of sp³-hybridized carbons (Fsp3) is 0.0968. The van der Waals surface area contributed by atoms with E-state index >= 15 is 0 Å². The quantitative estimate of drug-likeness (QED) is 0.0956. The minimum Gasteiger partial charge on any atom is -0.489 e. The number of carbonyl (C=O) groups is 1. The van der Waals surface area contributed by atoms with Crippen LogP contribution in [0.15, 0.2) is 96.6 Å². The number of hydrogen-bond acceptors (Lipinski definition) is 6. The minimum absolute atomic E-state index is 0.0204. The molecule has 0 bridgehead atoms. The van der Waals surface area contributed by atoms with Gasteiger partial charge in [0.15, 0.2) is 0 Å². The van der Waals surface area contributed by atoms with E-state index in [1.807, 2.05) is 37.3 Å². The summed E-state index contributed by atoms with van der Waals surface area (Å²) >= 11 is 6.16. The first-order chi connectivity index (χ1) is 19.3. The van der Waals surface area contributed by atoms with Crippen molar-refractivity contribution in [2.75, 3.05) is 5.32 Å². The zero-order valence-corrected chi connectivity index (χ0v) is 22.2. The monoisotopic (exact) mass is 553 g/mol. The van der Waals surface area contributed by atoms with Gasteiger partial charge in [-0.3, -0.25) is 14.9 Å². The number of nitro groups is 1. The van der Waals surface area contributed by atoms with Gasteiger partial charge in [-0.1, -0.05) is 41.4 Å². The molecule has 0 heterocycles. The summed E-state index contributed by atoms with van der Waals surface area (Å²) in [6.45, 7) is 2.56. The Hall–Kier alpha value is -5.13. The number of halogens is 1. The van der Waals surface area contributed by atoms with Gasteiger partial charge in [0.1, 0.15) is 36.4 Å². The molecule has 4 aromatic rings. The number of nitro benzene ring substituents is 1. The lowest BCUT2D eigenvalue weighted by Crippen LogP contribution is -2.13. The molecule has 4 aromatic carbocycles. The number of ether oxygens (including phenoxy) is 2. The topological polar surface area (TPSA) is 114 Å². The molecule has 0 aromatic heterocycles. The Morgan fingerprint density at radius 3 is 2.20 bits per heavy atom. The van der Waals surface area contributed by atoms with Crippen molar-refractivity contribution in [2.24, 2.45) is 0 Å². The van der Waals surface area contributed by atoms with E-state index in [9.17, 15) is 20.2 Å². The molecule has 0 radical (unpaired) electrons. The number of carbonyl (C=O) groups excluding carboxylic acids is 1. The number of hydrogen-bond donors (Lipinski definition) is 1. The molecule has 0 unspecified atom stereocenters. The highest BCUT2D eigenvalue weighted by molar-refractivity contribution is 6.30. The predicted molar refractivity (Wildman–Crippen MR) is 153 cm³/mol. The van der Waals surface area contributed by atoms with Gasteiger partial charge in [-0.25, -0.2) is 0 Å². The van der Waals surface area contributed by atoms with Crippen LogP contribution in [0.4, 0.5) is 11.4 Å². The van der Waals surface area contributed by atoms with Gasteiger partial charge in [0.25, 0.3) is 11.6 Å². The van der Waals surface area contributed by atoms with Crippen LogP contribution < -0.4 is 14.8 Å². The van der Waals surface area contributed by atoms with Crippen molar-refractivity contribution in [2.45, 2.75) is 20.1 Å². The van der Waals surface area contributed by atoms with Crippen LogP contribution in [-0.4, -0.2) is 10.8 Å². The zero-order chi connectivity index (χ0) is 28.5. The second kappa shape index (κ2) is 13.1. The molecule has 0 fully saturated rings. The van der Waals surface area contributed by atoms with E-state index in [4.69, 9.17) is 21.1 Å². The summed E-state index contributed by atoms with van der Waals surface area (Å²) in [5.74, 6) is 0.430. The van der Waals surface area contributed by atoms with Crippen LogP contribution in [0, 0.1) is 28.4 Å². The van der Waals surface area contributed by atoms with Crippen molar-refractivity contribution in [3.63, 3.8) is 0 Å². The molecule has 0 saturated heterocycles. The zero-order valence-electron chi connectivity index (χ0n) is 21.5. The van der Waals surface area contributed by atoms with E-state index in [1.54, 1.807) is 54.6 Å². The molecule has 8 nitrogen and oxygen atoms in total. The van der Waals surface area contributed by atoms with Crippen LogP contribution in [0.5, 0.6) is 11.5 Å². The lowest BCUT2D eigenvalue weighted by Gasteiger charge is -2.11. The molecule has 0 atom stereocenters. The number of amides is 1. The van der Waals surface area contributed by atoms with Gasteiger partial charge in [-0.15, -0.1) is 0 Å². The summed E-state index contributed by atoms with van der Waals surface area (Å²) in [6.07, 6.45) is 1.39. The largest absolute Gasteiger partial charge is 0.489 e. The molecule has 200 valence electrons. The Morgan fingerprint density at radius 2 is 1.57 bits per heavy atom. The van der Waals surface area contributed by atoms with Gasteiger partial charge >= 0.3 is 0 Å². The molecule has 1 amide bonds. The lowest BCUT2D eigenvalue weighted by atomic mass is 10.1. The third-order valence-corrected chi connectivity index (χ3v) is 6.05. The smallest absolute Gasteiger partial charge is 0.269 e. The van der Waals surface area contributed by atoms with E-state index in [2.05, 4.69) is 5.32 Å². The highest BCUT2D eigenvalue weighted by Crippen LogP contribution is 2.27. The fourth-order valence-electron chi connectivity index (χ4n) is 3.63. The Kier molecular flexibility index (Phi) is 9.13. The standard InChI is InChI=1S/C31H24ClN3O5/c1-21-2-4-22(5-3-21)19-39-29-13-9-27(10-14-29)34-31(36)25(18-33)16-24-17-26(32)8-15-30(24)40-20-23-6-11-28(12-7-23)35(37)38/h2-17H,19-20H2,1H3,(H,34,36)/b25-16+. The van der Waals surface area contributed by atoms with Gasteiger partial charge in [0.05, 0.1) is 4.92 Å². The van der Waals surface area contributed by atoms with Crippen molar-refractivity contribution in [1.29, 1.82) is 5.26 Å².